The van der Waals surface area contributed by atoms with E-state index in [-0.39, 0.29) is 18.5 Å². The number of rotatable bonds is 66. The number of carbonyl (C=O) groups excluding carboxylic acids is 2. The number of amides is 1. The summed E-state index contributed by atoms with van der Waals surface area (Å²) in [5.41, 5.74) is 0. The summed E-state index contributed by atoms with van der Waals surface area (Å²) in [5.74, 6) is -0.0306. The first kappa shape index (κ1) is 74.6. The van der Waals surface area contributed by atoms with E-state index in [1.165, 1.54) is 327 Å². The molecule has 6 heteroatoms. The average Bonchev–Trinajstić information content (AvgIpc) is 3.42. The van der Waals surface area contributed by atoms with Crippen molar-refractivity contribution in [3.8, 4) is 0 Å². The Hall–Kier alpha value is -1.40. The molecular weight excluding hydrogens is 935 g/mol. The number of ether oxygens (including phenoxy) is 1. The van der Waals surface area contributed by atoms with Crippen molar-refractivity contribution in [3.63, 3.8) is 0 Å². The van der Waals surface area contributed by atoms with Crippen LogP contribution in [0.4, 0.5) is 0 Å². The van der Waals surface area contributed by atoms with E-state index in [2.05, 4.69) is 31.3 Å². The fourth-order valence-corrected chi connectivity index (χ4v) is 11.2. The summed E-state index contributed by atoms with van der Waals surface area (Å²) in [5, 5.41) is 23.4. The van der Waals surface area contributed by atoms with E-state index < -0.39 is 12.1 Å². The molecule has 0 saturated carbocycles. The van der Waals surface area contributed by atoms with E-state index in [0.717, 1.165) is 38.5 Å². The van der Waals surface area contributed by atoms with Gasteiger partial charge in [-0.15, -0.1) is 0 Å². The number of unbranched alkanes of at least 4 members (excludes halogenated alkanes) is 53. The zero-order valence-electron chi connectivity index (χ0n) is 51.8. The van der Waals surface area contributed by atoms with Crippen LogP contribution in [0, 0.1) is 0 Å². The molecule has 2 unspecified atom stereocenters. The van der Waals surface area contributed by atoms with Gasteiger partial charge in [0.15, 0.2) is 0 Å². The van der Waals surface area contributed by atoms with Crippen molar-refractivity contribution in [1.82, 2.24) is 5.32 Å². The number of aliphatic hydroxyl groups is 2. The van der Waals surface area contributed by atoms with Gasteiger partial charge in [0.1, 0.15) is 0 Å². The van der Waals surface area contributed by atoms with Crippen LogP contribution in [0.5, 0.6) is 0 Å². The Morgan fingerprint density at radius 2 is 0.618 bits per heavy atom. The van der Waals surface area contributed by atoms with Crippen LogP contribution in [-0.4, -0.2) is 47.4 Å². The van der Waals surface area contributed by atoms with Gasteiger partial charge in [-0.2, -0.15) is 0 Å². The van der Waals surface area contributed by atoms with Crippen LogP contribution in [0.15, 0.2) is 12.2 Å². The molecule has 0 aromatic heterocycles. The van der Waals surface area contributed by atoms with Crippen molar-refractivity contribution in [2.45, 2.75) is 411 Å². The van der Waals surface area contributed by atoms with Gasteiger partial charge in [-0.05, 0) is 51.4 Å². The van der Waals surface area contributed by atoms with Crippen molar-refractivity contribution in [2.24, 2.45) is 0 Å². The SMILES string of the molecule is CCCCCCCCCCCCCCCCCCCCCCCCCCC(O)C(CO)NC(=O)CCCCCCCCC/C=C\CCCCCCCCCCOC(=O)CCCCCCCCCCCCCCCCCC. The van der Waals surface area contributed by atoms with Crippen molar-refractivity contribution in [2.75, 3.05) is 13.2 Å². The molecule has 3 N–H and O–H groups in total. The molecule has 0 aromatic carbocycles. The molecule has 0 fully saturated rings. The minimum atomic E-state index is -0.671. The van der Waals surface area contributed by atoms with E-state index in [1.54, 1.807) is 0 Å². The fraction of sp³-hybridized carbons (Fsp3) is 0.943. The van der Waals surface area contributed by atoms with Crippen molar-refractivity contribution in [1.29, 1.82) is 0 Å². The summed E-state index contributed by atoms with van der Waals surface area (Å²) in [7, 11) is 0. The van der Waals surface area contributed by atoms with Crippen LogP contribution in [0.3, 0.4) is 0 Å². The lowest BCUT2D eigenvalue weighted by Crippen LogP contribution is -2.45. The van der Waals surface area contributed by atoms with E-state index in [4.69, 9.17) is 4.74 Å². The molecule has 0 aliphatic heterocycles. The van der Waals surface area contributed by atoms with Gasteiger partial charge < -0.3 is 20.3 Å². The molecule has 76 heavy (non-hydrogen) atoms. The highest BCUT2D eigenvalue weighted by atomic mass is 16.5. The average molecular weight is 1070 g/mol. The van der Waals surface area contributed by atoms with Gasteiger partial charge in [0.2, 0.25) is 5.91 Å². The van der Waals surface area contributed by atoms with Gasteiger partial charge in [0.05, 0.1) is 25.4 Å². The van der Waals surface area contributed by atoms with E-state index in [0.29, 0.717) is 25.9 Å². The van der Waals surface area contributed by atoms with Crippen LogP contribution < -0.4 is 5.32 Å². The molecule has 0 aromatic rings. The van der Waals surface area contributed by atoms with E-state index >= 15 is 0 Å². The molecule has 0 rings (SSSR count). The van der Waals surface area contributed by atoms with Crippen LogP contribution >= 0.6 is 0 Å². The molecule has 452 valence electrons. The summed E-state index contributed by atoms with van der Waals surface area (Å²) in [4.78, 5) is 24.6. The minimum Gasteiger partial charge on any atom is -0.466 e. The van der Waals surface area contributed by atoms with Gasteiger partial charge in [0.25, 0.3) is 0 Å². The first-order valence-corrected chi connectivity index (χ1v) is 34.9. The summed E-state index contributed by atoms with van der Waals surface area (Å²) < 4.78 is 5.49. The Bertz CT molecular complexity index is 1140. The molecule has 0 saturated heterocycles. The minimum absolute atomic E-state index is 0.00881. The molecule has 0 aliphatic rings. The summed E-state index contributed by atoms with van der Waals surface area (Å²) >= 11 is 0. The number of carbonyl (C=O) groups is 2. The Balaban J connectivity index is 3.42. The predicted octanol–water partition coefficient (Wildman–Crippen LogP) is 22.4. The first-order chi connectivity index (χ1) is 37.5. The zero-order valence-corrected chi connectivity index (χ0v) is 51.8. The van der Waals surface area contributed by atoms with Gasteiger partial charge in [-0.25, -0.2) is 0 Å². The molecule has 0 spiro atoms. The predicted molar refractivity (Wildman–Crippen MR) is 333 cm³/mol. The van der Waals surface area contributed by atoms with Crippen molar-refractivity contribution >= 4 is 11.9 Å². The summed E-state index contributed by atoms with van der Waals surface area (Å²) in [6.07, 6.45) is 81.0. The number of hydrogen-bond donors (Lipinski definition) is 3. The van der Waals surface area contributed by atoms with Crippen LogP contribution in [-0.2, 0) is 14.3 Å². The third kappa shape index (κ3) is 61.8. The second-order valence-electron chi connectivity index (χ2n) is 24.2. The highest BCUT2D eigenvalue weighted by Crippen LogP contribution is 2.19. The third-order valence-electron chi connectivity index (χ3n) is 16.6. The molecular formula is C70H137NO5. The monoisotopic (exact) mass is 1070 g/mol. The third-order valence-corrected chi connectivity index (χ3v) is 16.6. The van der Waals surface area contributed by atoms with Crippen molar-refractivity contribution in [3.05, 3.63) is 12.2 Å². The Morgan fingerprint density at radius 3 is 0.934 bits per heavy atom. The van der Waals surface area contributed by atoms with Gasteiger partial charge in [0, 0.05) is 12.8 Å². The van der Waals surface area contributed by atoms with Gasteiger partial charge in [-0.3, -0.25) is 9.59 Å². The second-order valence-corrected chi connectivity index (χ2v) is 24.2. The second kappa shape index (κ2) is 66.1. The maximum atomic E-state index is 12.5. The molecule has 6 nitrogen and oxygen atoms in total. The molecule has 0 radical (unpaired) electrons. The summed E-state index contributed by atoms with van der Waals surface area (Å²) in [6, 6.07) is -0.549. The molecule has 0 bridgehead atoms. The highest BCUT2D eigenvalue weighted by Gasteiger charge is 2.20. The fourth-order valence-electron chi connectivity index (χ4n) is 11.2. The maximum absolute atomic E-state index is 12.5. The molecule has 2 atom stereocenters. The van der Waals surface area contributed by atoms with Crippen LogP contribution in [0.25, 0.3) is 0 Å². The molecule has 0 heterocycles. The largest absolute Gasteiger partial charge is 0.466 e. The Kier molecular flexibility index (Phi) is 64.9. The van der Waals surface area contributed by atoms with E-state index in [1.807, 2.05) is 0 Å². The number of esters is 1. The van der Waals surface area contributed by atoms with Crippen LogP contribution in [0.2, 0.25) is 0 Å². The van der Waals surface area contributed by atoms with E-state index in [9.17, 15) is 19.8 Å². The lowest BCUT2D eigenvalue weighted by Gasteiger charge is -2.22. The normalized spacial score (nSPS) is 12.5. The number of nitrogens with one attached hydrogen (secondary N) is 1. The van der Waals surface area contributed by atoms with Crippen LogP contribution in [0.1, 0.15) is 399 Å². The molecule has 0 aliphatic carbocycles. The maximum Gasteiger partial charge on any atom is 0.305 e. The number of allylic oxidation sites excluding steroid dienone is 2. The number of aliphatic hydroxyl groups excluding tert-OH is 2. The lowest BCUT2D eigenvalue weighted by molar-refractivity contribution is -0.143. The topological polar surface area (TPSA) is 95.9 Å². The Morgan fingerprint density at radius 1 is 0.355 bits per heavy atom. The first-order valence-electron chi connectivity index (χ1n) is 34.9. The number of hydrogen-bond acceptors (Lipinski definition) is 5. The van der Waals surface area contributed by atoms with Crippen molar-refractivity contribution < 1.29 is 24.5 Å². The lowest BCUT2D eigenvalue weighted by atomic mass is 10.0. The standard InChI is InChI=1S/C70H137NO5/c1-3-5-7-9-11-13-15-17-19-21-22-23-24-25-26-28-31-34-38-42-46-50-54-58-62-68(73)67(66-72)71-69(74)63-59-55-51-47-43-39-35-32-29-27-30-33-37-41-45-49-53-57-61-65-76-70(75)64-60-56-52-48-44-40-36-20-18-16-14-12-10-8-6-4-2/h27,29,67-68,72-73H,3-26,28,30-66H2,1-2H3,(H,71,74)/b29-27-. The zero-order chi connectivity index (χ0) is 55.0. The van der Waals surface area contributed by atoms with Gasteiger partial charge >= 0.3 is 5.97 Å². The highest BCUT2D eigenvalue weighted by molar-refractivity contribution is 5.76. The summed E-state index contributed by atoms with van der Waals surface area (Å²) in [6.45, 7) is 4.99. The van der Waals surface area contributed by atoms with Gasteiger partial charge in [-0.1, -0.05) is 347 Å². The quantitative estimate of drug-likeness (QED) is 0.0320. The Labute approximate surface area is 476 Å². The smallest absolute Gasteiger partial charge is 0.305 e. The molecule has 1 amide bonds.